The fourth-order valence-corrected chi connectivity index (χ4v) is 2.73. The Kier molecular flexibility index (Phi) is 6.17. The molecule has 0 radical (unpaired) electrons. The van der Waals surface area contributed by atoms with Gasteiger partial charge in [-0.15, -0.1) is 0 Å². The van der Waals surface area contributed by atoms with Crippen molar-refractivity contribution in [3.8, 4) is 11.3 Å². The van der Waals surface area contributed by atoms with E-state index < -0.39 is 6.10 Å². The molecule has 148 valence electrons. The summed E-state index contributed by atoms with van der Waals surface area (Å²) in [4.78, 5) is 4.75. The van der Waals surface area contributed by atoms with E-state index in [-0.39, 0.29) is 19.2 Å². The maximum atomic E-state index is 9.45. The highest BCUT2D eigenvalue weighted by atomic mass is 16.3. The van der Waals surface area contributed by atoms with E-state index in [1.54, 1.807) is 29.3 Å². The van der Waals surface area contributed by atoms with Crippen molar-refractivity contribution >= 4 is 17.3 Å². The molecule has 3 aromatic rings. The molecule has 0 aliphatic rings. The molecule has 2 unspecified atom stereocenters. The molecule has 3 aromatic heterocycles. The van der Waals surface area contributed by atoms with E-state index in [1.165, 1.54) is 6.21 Å². The monoisotopic (exact) mass is 383 g/mol. The zero-order valence-electron chi connectivity index (χ0n) is 15.9. The smallest absolute Gasteiger partial charge is 0.0999 e. The first-order valence-electron chi connectivity index (χ1n) is 9.19. The number of nitrogens with one attached hydrogen (secondary N) is 2. The molecular formula is C19H25N7O2. The lowest BCUT2D eigenvalue weighted by Gasteiger charge is -2.10. The Bertz CT molecular complexity index is 976. The molecule has 0 fully saturated rings. The number of nitrogens with zero attached hydrogens (tertiary/aromatic N) is 5. The highest BCUT2D eigenvalue weighted by Crippen LogP contribution is 2.25. The quantitative estimate of drug-likeness (QED) is 0.415. The summed E-state index contributed by atoms with van der Waals surface area (Å²) in [5, 5.41) is 37.8. The zero-order chi connectivity index (χ0) is 20.1. The second kappa shape index (κ2) is 8.77. The Balaban J connectivity index is 2.00. The molecule has 0 aliphatic carbocycles. The summed E-state index contributed by atoms with van der Waals surface area (Å²) in [5.41, 5.74) is 3.54. The maximum Gasteiger partial charge on any atom is 0.0999 e. The van der Waals surface area contributed by atoms with Crippen molar-refractivity contribution < 1.29 is 10.2 Å². The third kappa shape index (κ3) is 4.10. The standard InChI is InChI=1S/C19H25N7O2/c1-3-13(2)25-10-15(8-23-25)19-18-4-5-22-26(18)11-17(24-19)14(6-20)7-21-9-16(28)12-27/h4-8,10-11,13,16,20-21,27-28H,3,9,12H2,1-2H3/b14-7+,20-6?. The van der Waals surface area contributed by atoms with Gasteiger partial charge in [0.1, 0.15) is 0 Å². The van der Waals surface area contributed by atoms with Gasteiger partial charge in [-0.25, -0.2) is 9.50 Å². The maximum absolute atomic E-state index is 9.45. The molecule has 4 N–H and O–H groups in total. The van der Waals surface area contributed by atoms with E-state index in [0.717, 1.165) is 23.2 Å². The first kappa shape index (κ1) is 19.7. The lowest BCUT2D eigenvalue weighted by molar-refractivity contribution is 0.0972. The van der Waals surface area contributed by atoms with Crippen LogP contribution in [0.2, 0.25) is 0 Å². The average molecular weight is 383 g/mol. The summed E-state index contributed by atoms with van der Waals surface area (Å²) in [6, 6.07) is 2.17. The number of rotatable bonds is 9. The van der Waals surface area contributed by atoms with Crippen LogP contribution in [-0.4, -0.2) is 60.1 Å². The summed E-state index contributed by atoms with van der Waals surface area (Å²) in [5.74, 6) is 0. The van der Waals surface area contributed by atoms with Crippen LogP contribution in [0.5, 0.6) is 0 Å². The lowest BCUT2D eigenvalue weighted by Crippen LogP contribution is -2.26. The van der Waals surface area contributed by atoms with Crippen LogP contribution in [0.3, 0.4) is 0 Å². The highest BCUT2D eigenvalue weighted by Gasteiger charge is 2.14. The molecule has 0 aromatic carbocycles. The van der Waals surface area contributed by atoms with Crippen molar-refractivity contribution in [3.63, 3.8) is 0 Å². The van der Waals surface area contributed by atoms with Crippen LogP contribution in [0, 0.1) is 5.41 Å². The summed E-state index contributed by atoms with van der Waals surface area (Å²) < 4.78 is 3.64. The zero-order valence-corrected chi connectivity index (χ0v) is 15.9. The molecule has 0 saturated carbocycles. The van der Waals surface area contributed by atoms with Gasteiger partial charge >= 0.3 is 0 Å². The van der Waals surface area contributed by atoms with Gasteiger partial charge in [0.05, 0.1) is 48.2 Å². The second-order valence-corrected chi connectivity index (χ2v) is 6.59. The van der Waals surface area contributed by atoms with Crippen LogP contribution in [0.1, 0.15) is 32.0 Å². The van der Waals surface area contributed by atoms with Gasteiger partial charge in [-0.05, 0) is 19.4 Å². The van der Waals surface area contributed by atoms with Gasteiger partial charge in [-0.3, -0.25) is 4.68 Å². The van der Waals surface area contributed by atoms with Crippen molar-refractivity contribution in [2.45, 2.75) is 32.4 Å². The number of allylic oxidation sites excluding steroid dienone is 1. The van der Waals surface area contributed by atoms with E-state index >= 15 is 0 Å². The number of aliphatic hydroxyl groups is 2. The molecular weight excluding hydrogens is 358 g/mol. The minimum atomic E-state index is -0.869. The van der Waals surface area contributed by atoms with Gasteiger partial charge in [-0.1, -0.05) is 6.92 Å². The number of fused-ring (bicyclic) bond motifs is 1. The van der Waals surface area contributed by atoms with E-state index in [2.05, 4.69) is 29.4 Å². The minimum Gasteiger partial charge on any atom is -0.394 e. The first-order chi connectivity index (χ1) is 13.6. The number of hydrogen-bond donors (Lipinski definition) is 4. The molecule has 2 atom stereocenters. The second-order valence-electron chi connectivity index (χ2n) is 6.59. The number of aromatic nitrogens is 5. The Morgan fingerprint density at radius 2 is 2.18 bits per heavy atom. The predicted octanol–water partition coefficient (Wildman–Crippen LogP) is 1.50. The minimum absolute atomic E-state index is 0.173. The Labute approximate surface area is 162 Å². The van der Waals surface area contributed by atoms with Gasteiger partial charge < -0.3 is 20.9 Å². The fraction of sp³-hybridized carbons (Fsp3) is 0.368. The molecule has 0 bridgehead atoms. The molecule has 0 spiro atoms. The van der Waals surface area contributed by atoms with Crippen LogP contribution in [0.15, 0.2) is 37.1 Å². The molecule has 0 aliphatic heterocycles. The summed E-state index contributed by atoms with van der Waals surface area (Å²) in [6.07, 6.45) is 10.1. The van der Waals surface area contributed by atoms with Crippen molar-refractivity contribution in [1.82, 2.24) is 29.7 Å². The van der Waals surface area contributed by atoms with Crippen LogP contribution in [-0.2, 0) is 0 Å². The van der Waals surface area contributed by atoms with Crippen molar-refractivity contribution in [3.05, 3.63) is 42.7 Å². The molecule has 3 heterocycles. The van der Waals surface area contributed by atoms with Crippen molar-refractivity contribution in [2.75, 3.05) is 13.2 Å². The largest absolute Gasteiger partial charge is 0.394 e. The SMILES string of the molecule is CCC(C)n1cc(-c2nc(/C(C=N)=C/NCC(O)CO)cn3nccc23)cn1. The fourth-order valence-electron chi connectivity index (χ4n) is 2.73. The van der Waals surface area contributed by atoms with Crippen LogP contribution >= 0.6 is 0 Å². The molecule has 0 saturated heterocycles. The van der Waals surface area contributed by atoms with Crippen LogP contribution in [0.25, 0.3) is 22.3 Å². The van der Waals surface area contributed by atoms with E-state index in [9.17, 15) is 5.11 Å². The highest BCUT2D eigenvalue weighted by molar-refractivity contribution is 6.07. The molecule has 9 heteroatoms. The Hall–Kier alpha value is -3.04. The predicted molar refractivity (Wildman–Crippen MR) is 107 cm³/mol. The van der Waals surface area contributed by atoms with Gasteiger partial charge in [0, 0.05) is 42.3 Å². The van der Waals surface area contributed by atoms with E-state index in [1.807, 2.05) is 16.9 Å². The molecule has 0 amide bonds. The van der Waals surface area contributed by atoms with Crippen LogP contribution < -0.4 is 5.32 Å². The van der Waals surface area contributed by atoms with Crippen molar-refractivity contribution in [2.24, 2.45) is 0 Å². The molecule has 28 heavy (non-hydrogen) atoms. The average Bonchev–Trinajstić information content (AvgIpc) is 3.39. The third-order valence-corrected chi connectivity index (χ3v) is 4.58. The number of hydrogen-bond acceptors (Lipinski definition) is 7. The lowest BCUT2D eigenvalue weighted by atomic mass is 10.1. The Morgan fingerprint density at radius 1 is 1.36 bits per heavy atom. The topological polar surface area (TPSA) is 124 Å². The normalized spacial score (nSPS) is 14.2. The van der Waals surface area contributed by atoms with Gasteiger partial charge in [0.25, 0.3) is 0 Å². The van der Waals surface area contributed by atoms with E-state index in [4.69, 9.17) is 15.5 Å². The first-order valence-corrected chi connectivity index (χ1v) is 9.19. The van der Waals surface area contributed by atoms with Crippen LogP contribution in [0.4, 0.5) is 0 Å². The Morgan fingerprint density at radius 3 is 2.89 bits per heavy atom. The summed E-state index contributed by atoms with van der Waals surface area (Å²) in [7, 11) is 0. The number of aliphatic hydroxyl groups excluding tert-OH is 2. The van der Waals surface area contributed by atoms with Gasteiger partial charge in [0.2, 0.25) is 0 Å². The molecule has 9 nitrogen and oxygen atoms in total. The third-order valence-electron chi connectivity index (χ3n) is 4.58. The van der Waals surface area contributed by atoms with Crippen molar-refractivity contribution in [1.29, 1.82) is 5.41 Å². The summed E-state index contributed by atoms with van der Waals surface area (Å²) >= 11 is 0. The van der Waals surface area contributed by atoms with Gasteiger partial charge in [0.15, 0.2) is 0 Å². The van der Waals surface area contributed by atoms with Gasteiger partial charge in [-0.2, -0.15) is 10.2 Å². The molecule has 3 rings (SSSR count). The summed E-state index contributed by atoms with van der Waals surface area (Å²) in [6.45, 7) is 4.06. The van der Waals surface area contributed by atoms with E-state index in [0.29, 0.717) is 11.3 Å².